The van der Waals surface area contributed by atoms with Gasteiger partial charge < -0.3 is 9.80 Å². The molecule has 0 aliphatic carbocycles. The number of likely N-dealkylation sites (tertiary alicyclic amines) is 1. The predicted molar refractivity (Wildman–Crippen MR) is 109 cm³/mol. The molecule has 0 radical (unpaired) electrons. The van der Waals surface area contributed by atoms with Crippen molar-refractivity contribution in [1.29, 1.82) is 0 Å². The summed E-state index contributed by atoms with van der Waals surface area (Å²) in [6.45, 7) is 3.86. The second-order valence-corrected chi connectivity index (χ2v) is 7.37. The van der Waals surface area contributed by atoms with Crippen LogP contribution in [0.1, 0.15) is 30.5 Å². The van der Waals surface area contributed by atoms with Crippen molar-refractivity contribution in [3.8, 4) is 0 Å². The third kappa shape index (κ3) is 4.04. The fourth-order valence-electron chi connectivity index (χ4n) is 3.75. The molecule has 27 heavy (non-hydrogen) atoms. The van der Waals surface area contributed by atoms with E-state index in [4.69, 9.17) is 11.6 Å². The van der Waals surface area contributed by atoms with Gasteiger partial charge in [-0.25, -0.2) is 4.98 Å². The van der Waals surface area contributed by atoms with E-state index in [1.54, 1.807) is 6.07 Å². The minimum atomic E-state index is 0.00307. The first-order valence-corrected chi connectivity index (χ1v) is 9.90. The Kier molecular flexibility index (Phi) is 5.50. The number of pyridine rings is 1. The zero-order valence-electron chi connectivity index (χ0n) is 15.3. The molecule has 0 spiro atoms. The van der Waals surface area contributed by atoms with Crippen molar-refractivity contribution in [3.63, 3.8) is 0 Å². The SMILES string of the molecule is O=C1CN=C(c2ccccc2)c2nc(Cl)ccc2N1CCN1CCCCC1. The second-order valence-electron chi connectivity index (χ2n) is 6.98. The summed E-state index contributed by atoms with van der Waals surface area (Å²) in [5, 5.41) is 0.405. The highest BCUT2D eigenvalue weighted by Gasteiger charge is 2.27. The standard InChI is InChI=1S/C21H23ClN4O/c22-18-10-9-17-21(24-18)20(16-7-3-1-4-8-16)23-15-19(27)26(17)14-13-25-11-5-2-6-12-25/h1,3-4,7-10H,2,5-6,11-15H2. The summed E-state index contributed by atoms with van der Waals surface area (Å²) < 4.78 is 0. The van der Waals surface area contributed by atoms with Crippen LogP contribution < -0.4 is 4.90 Å². The normalized spacial score (nSPS) is 18.0. The van der Waals surface area contributed by atoms with Crippen molar-refractivity contribution in [2.24, 2.45) is 4.99 Å². The van der Waals surface area contributed by atoms with Gasteiger partial charge in [-0.2, -0.15) is 0 Å². The van der Waals surface area contributed by atoms with Gasteiger partial charge >= 0.3 is 0 Å². The molecule has 0 N–H and O–H groups in total. The number of carbonyl (C=O) groups is 1. The van der Waals surface area contributed by atoms with Crippen molar-refractivity contribution in [1.82, 2.24) is 9.88 Å². The van der Waals surface area contributed by atoms with E-state index in [0.717, 1.165) is 36.6 Å². The molecule has 6 heteroatoms. The van der Waals surface area contributed by atoms with E-state index in [1.807, 2.05) is 41.3 Å². The summed E-state index contributed by atoms with van der Waals surface area (Å²) in [5.41, 5.74) is 3.14. The molecule has 1 amide bonds. The van der Waals surface area contributed by atoms with Gasteiger partial charge in [-0.3, -0.25) is 9.79 Å². The van der Waals surface area contributed by atoms with Crippen LogP contribution in [0.5, 0.6) is 0 Å². The average Bonchev–Trinajstić information content (AvgIpc) is 2.84. The molecule has 3 heterocycles. The van der Waals surface area contributed by atoms with E-state index < -0.39 is 0 Å². The Morgan fingerprint density at radius 2 is 1.74 bits per heavy atom. The third-order valence-electron chi connectivity index (χ3n) is 5.16. The first-order valence-electron chi connectivity index (χ1n) is 9.52. The number of nitrogens with zero attached hydrogens (tertiary/aromatic N) is 4. The lowest BCUT2D eigenvalue weighted by Gasteiger charge is -2.30. The Labute approximate surface area is 164 Å². The number of aliphatic imine (C=N–C) groups is 1. The molecule has 140 valence electrons. The lowest BCUT2D eigenvalue weighted by molar-refractivity contribution is -0.117. The van der Waals surface area contributed by atoms with Crippen LogP contribution in [0.2, 0.25) is 5.15 Å². The number of hydrogen-bond acceptors (Lipinski definition) is 4. The zero-order valence-corrected chi connectivity index (χ0v) is 16.0. The fourth-order valence-corrected chi connectivity index (χ4v) is 3.90. The van der Waals surface area contributed by atoms with Gasteiger partial charge in [-0.05, 0) is 38.1 Å². The maximum atomic E-state index is 12.9. The van der Waals surface area contributed by atoms with Crippen LogP contribution in [0.25, 0.3) is 0 Å². The Hall–Kier alpha value is -2.24. The van der Waals surface area contributed by atoms with E-state index in [2.05, 4.69) is 14.9 Å². The Balaban J connectivity index is 1.66. The maximum Gasteiger partial charge on any atom is 0.248 e. The first kappa shape index (κ1) is 18.1. The molecule has 1 fully saturated rings. The summed E-state index contributed by atoms with van der Waals surface area (Å²) in [7, 11) is 0. The van der Waals surface area contributed by atoms with Gasteiger partial charge in [0.25, 0.3) is 0 Å². The molecule has 0 saturated carbocycles. The van der Waals surface area contributed by atoms with Crippen LogP contribution in [-0.4, -0.2) is 54.2 Å². The van der Waals surface area contributed by atoms with Crippen LogP contribution in [0.3, 0.4) is 0 Å². The van der Waals surface area contributed by atoms with Crippen LogP contribution in [0.4, 0.5) is 5.69 Å². The molecule has 4 rings (SSSR count). The van der Waals surface area contributed by atoms with Crippen molar-refractivity contribution < 1.29 is 4.79 Å². The lowest BCUT2D eigenvalue weighted by atomic mass is 10.1. The van der Waals surface area contributed by atoms with E-state index in [9.17, 15) is 4.79 Å². The van der Waals surface area contributed by atoms with E-state index >= 15 is 0 Å². The Morgan fingerprint density at radius 1 is 0.963 bits per heavy atom. The fraction of sp³-hybridized carbons (Fsp3) is 0.381. The zero-order chi connectivity index (χ0) is 18.6. The highest BCUT2D eigenvalue weighted by atomic mass is 35.5. The second kappa shape index (κ2) is 8.19. The van der Waals surface area contributed by atoms with E-state index in [-0.39, 0.29) is 12.5 Å². The monoisotopic (exact) mass is 382 g/mol. The van der Waals surface area contributed by atoms with Gasteiger partial charge in [0.1, 0.15) is 17.4 Å². The van der Waals surface area contributed by atoms with Crippen LogP contribution in [0, 0.1) is 0 Å². The van der Waals surface area contributed by atoms with Gasteiger partial charge in [-0.1, -0.05) is 48.4 Å². The highest BCUT2D eigenvalue weighted by molar-refractivity contribution is 6.30. The van der Waals surface area contributed by atoms with Crippen molar-refractivity contribution in [2.45, 2.75) is 19.3 Å². The largest absolute Gasteiger partial charge is 0.307 e. The first-order chi connectivity index (χ1) is 13.2. The summed E-state index contributed by atoms with van der Waals surface area (Å²) in [6.07, 6.45) is 3.78. The number of hydrogen-bond donors (Lipinski definition) is 0. The molecule has 1 aromatic carbocycles. The number of rotatable bonds is 4. The van der Waals surface area contributed by atoms with E-state index in [0.29, 0.717) is 17.4 Å². The number of benzene rings is 1. The Bertz CT molecular complexity index is 847. The summed E-state index contributed by atoms with van der Waals surface area (Å²) in [4.78, 5) is 26.2. The molecule has 2 aliphatic heterocycles. The number of halogens is 1. The molecular weight excluding hydrogens is 360 g/mol. The topological polar surface area (TPSA) is 48.8 Å². The summed E-state index contributed by atoms with van der Waals surface area (Å²) >= 11 is 6.19. The van der Waals surface area contributed by atoms with Crippen molar-refractivity contribution in [2.75, 3.05) is 37.6 Å². The van der Waals surface area contributed by atoms with Crippen LogP contribution in [0.15, 0.2) is 47.5 Å². The molecule has 5 nitrogen and oxygen atoms in total. The minimum absolute atomic E-state index is 0.00307. The van der Waals surface area contributed by atoms with Gasteiger partial charge in [0.2, 0.25) is 5.91 Å². The molecule has 2 aromatic rings. The number of piperidine rings is 1. The highest BCUT2D eigenvalue weighted by Crippen LogP contribution is 2.27. The van der Waals surface area contributed by atoms with Crippen molar-refractivity contribution >= 4 is 28.9 Å². The molecule has 0 atom stereocenters. The van der Waals surface area contributed by atoms with Crippen molar-refractivity contribution in [3.05, 3.63) is 58.9 Å². The molecule has 2 aliphatic rings. The maximum absolute atomic E-state index is 12.9. The molecule has 0 bridgehead atoms. The number of anilines is 1. The minimum Gasteiger partial charge on any atom is -0.307 e. The molecule has 1 saturated heterocycles. The number of fused-ring (bicyclic) bond motifs is 1. The third-order valence-corrected chi connectivity index (χ3v) is 5.37. The predicted octanol–water partition coefficient (Wildman–Crippen LogP) is 3.40. The lowest BCUT2D eigenvalue weighted by Crippen LogP contribution is -2.41. The average molecular weight is 383 g/mol. The number of aromatic nitrogens is 1. The van der Waals surface area contributed by atoms with Gasteiger partial charge in [-0.15, -0.1) is 0 Å². The van der Waals surface area contributed by atoms with Crippen LogP contribution >= 0.6 is 11.6 Å². The molecule has 1 aromatic heterocycles. The van der Waals surface area contributed by atoms with Crippen LogP contribution in [-0.2, 0) is 4.79 Å². The van der Waals surface area contributed by atoms with Gasteiger partial charge in [0.05, 0.1) is 11.4 Å². The molecular formula is C21H23ClN4O. The summed E-state index contributed by atoms with van der Waals surface area (Å²) in [5.74, 6) is 0.00307. The summed E-state index contributed by atoms with van der Waals surface area (Å²) in [6, 6.07) is 13.5. The van der Waals surface area contributed by atoms with Gasteiger partial charge in [0, 0.05) is 18.7 Å². The number of amides is 1. The quantitative estimate of drug-likeness (QED) is 0.761. The Morgan fingerprint density at radius 3 is 2.52 bits per heavy atom. The number of carbonyl (C=O) groups excluding carboxylic acids is 1. The molecule has 0 unspecified atom stereocenters. The van der Waals surface area contributed by atoms with E-state index in [1.165, 1.54) is 19.3 Å². The smallest absolute Gasteiger partial charge is 0.248 e. The van der Waals surface area contributed by atoms with Gasteiger partial charge in [0.15, 0.2) is 0 Å².